The van der Waals surface area contributed by atoms with Crippen molar-refractivity contribution in [3.63, 3.8) is 0 Å². The lowest BCUT2D eigenvalue weighted by Crippen LogP contribution is -2.41. The highest BCUT2D eigenvalue weighted by Crippen LogP contribution is 2.20. The Bertz CT molecular complexity index is 405. The molecule has 2 N–H and O–H groups in total. The Balaban J connectivity index is 2.73. The Morgan fingerprint density at radius 3 is 2.48 bits per heavy atom. The van der Waals surface area contributed by atoms with Crippen LogP contribution >= 0.6 is 0 Å². The normalized spacial score (nSPS) is 22.8. The van der Waals surface area contributed by atoms with Crippen LogP contribution in [0.25, 0.3) is 0 Å². The van der Waals surface area contributed by atoms with Gasteiger partial charge in [0, 0.05) is 13.5 Å². The number of nitrogens with zero attached hydrogens (tertiary/aromatic N) is 2. The number of carbonyl (C=O) groups excluding carboxylic acids is 2. The molecule has 1 heterocycles. The fourth-order valence-electron chi connectivity index (χ4n) is 2.29. The minimum Gasteiger partial charge on any atom is -0.458 e. The first kappa shape index (κ1) is 17.5. The van der Waals surface area contributed by atoms with Crippen LogP contribution in [0.5, 0.6) is 0 Å². The van der Waals surface area contributed by atoms with Crippen LogP contribution in [0.1, 0.15) is 58.8 Å². The average molecular weight is 297 g/mol. The number of hydrogen-bond donors (Lipinski definition) is 1. The summed E-state index contributed by atoms with van der Waals surface area (Å²) in [7, 11) is 1.62. The first-order valence-electron chi connectivity index (χ1n) is 7.60. The van der Waals surface area contributed by atoms with Crippen molar-refractivity contribution in [2.75, 3.05) is 13.6 Å². The van der Waals surface area contributed by atoms with Gasteiger partial charge in [-0.2, -0.15) is 4.99 Å². The van der Waals surface area contributed by atoms with E-state index < -0.39 is 5.60 Å². The van der Waals surface area contributed by atoms with Gasteiger partial charge in [0.25, 0.3) is 0 Å². The van der Waals surface area contributed by atoms with Gasteiger partial charge < -0.3 is 15.4 Å². The molecule has 0 bridgehead atoms. The standard InChI is InChI=1S/C15H27N3O3/c1-15(2)10-8-6-4-5-7-9-12(19)17-14(16)18(3)11-13(20)21-15/h4-11H2,1-3H3,(H2,16,17,19). The van der Waals surface area contributed by atoms with Crippen molar-refractivity contribution < 1.29 is 14.3 Å². The molecule has 6 nitrogen and oxygen atoms in total. The highest BCUT2D eigenvalue weighted by Gasteiger charge is 2.23. The number of ether oxygens (including phenoxy) is 1. The fraction of sp³-hybridized carbons (Fsp3) is 0.800. The number of cyclic esters (lactones) is 1. The summed E-state index contributed by atoms with van der Waals surface area (Å²) in [6.07, 6.45) is 6.27. The van der Waals surface area contributed by atoms with Crippen molar-refractivity contribution in [3.8, 4) is 0 Å². The second kappa shape index (κ2) is 8.00. The van der Waals surface area contributed by atoms with Gasteiger partial charge >= 0.3 is 5.97 Å². The van der Waals surface area contributed by atoms with Crippen molar-refractivity contribution >= 4 is 17.8 Å². The van der Waals surface area contributed by atoms with Crippen LogP contribution in [-0.2, 0) is 14.3 Å². The molecule has 1 aliphatic heterocycles. The van der Waals surface area contributed by atoms with Gasteiger partial charge in [-0.05, 0) is 33.1 Å². The molecule has 0 aromatic rings. The van der Waals surface area contributed by atoms with Crippen LogP contribution < -0.4 is 5.73 Å². The Morgan fingerprint density at radius 1 is 1.14 bits per heavy atom. The van der Waals surface area contributed by atoms with Crippen molar-refractivity contribution in [1.29, 1.82) is 0 Å². The fourth-order valence-corrected chi connectivity index (χ4v) is 2.29. The second-order valence-corrected chi connectivity index (χ2v) is 6.22. The molecule has 1 rings (SSSR count). The van der Waals surface area contributed by atoms with Gasteiger partial charge in [-0.3, -0.25) is 9.59 Å². The van der Waals surface area contributed by atoms with Crippen LogP contribution in [0.2, 0.25) is 0 Å². The summed E-state index contributed by atoms with van der Waals surface area (Å²) in [5, 5.41) is 0. The van der Waals surface area contributed by atoms with Gasteiger partial charge in [-0.25, -0.2) is 0 Å². The Kier molecular flexibility index (Phi) is 6.65. The third kappa shape index (κ3) is 7.11. The topological polar surface area (TPSA) is 85.0 Å². The number of likely N-dealkylation sites (N-methyl/N-ethyl adjacent to an activating group) is 1. The van der Waals surface area contributed by atoms with Crippen molar-refractivity contribution in [3.05, 3.63) is 0 Å². The van der Waals surface area contributed by atoms with E-state index in [1.54, 1.807) is 7.05 Å². The van der Waals surface area contributed by atoms with E-state index in [1.165, 1.54) is 4.90 Å². The van der Waals surface area contributed by atoms with E-state index >= 15 is 0 Å². The van der Waals surface area contributed by atoms with E-state index in [2.05, 4.69) is 4.99 Å². The third-order valence-corrected chi connectivity index (χ3v) is 3.56. The molecule has 0 atom stereocenters. The van der Waals surface area contributed by atoms with E-state index in [0.29, 0.717) is 6.42 Å². The summed E-state index contributed by atoms with van der Waals surface area (Å²) in [5.41, 5.74) is 5.25. The number of amides is 1. The van der Waals surface area contributed by atoms with E-state index in [0.717, 1.165) is 38.5 Å². The molecule has 0 saturated carbocycles. The van der Waals surface area contributed by atoms with Gasteiger partial charge in [0.2, 0.25) is 5.91 Å². The first-order chi connectivity index (χ1) is 9.80. The maximum atomic E-state index is 11.9. The summed E-state index contributed by atoms with van der Waals surface area (Å²) < 4.78 is 5.48. The number of carbonyl (C=O) groups is 2. The zero-order valence-electron chi connectivity index (χ0n) is 13.4. The Labute approximate surface area is 126 Å². The first-order valence-corrected chi connectivity index (χ1v) is 7.60. The molecule has 120 valence electrons. The molecule has 1 aliphatic rings. The van der Waals surface area contributed by atoms with Gasteiger partial charge in [-0.15, -0.1) is 0 Å². The van der Waals surface area contributed by atoms with Crippen molar-refractivity contribution in [2.24, 2.45) is 10.7 Å². The van der Waals surface area contributed by atoms with E-state index in [4.69, 9.17) is 10.5 Å². The predicted molar refractivity (Wildman–Crippen MR) is 81.7 cm³/mol. The second-order valence-electron chi connectivity index (χ2n) is 6.22. The van der Waals surface area contributed by atoms with E-state index in [1.807, 2.05) is 13.8 Å². The van der Waals surface area contributed by atoms with E-state index in [9.17, 15) is 9.59 Å². The summed E-state index contributed by atoms with van der Waals surface area (Å²) in [6.45, 7) is 3.83. The lowest BCUT2D eigenvalue weighted by Gasteiger charge is -2.26. The SMILES string of the molecule is CN1CC(=O)OC(C)(C)CCCCCCCC(=O)N=C1N. The average Bonchev–Trinajstić information content (AvgIpc) is 2.35. The molecule has 21 heavy (non-hydrogen) atoms. The monoisotopic (exact) mass is 297 g/mol. The van der Waals surface area contributed by atoms with Gasteiger partial charge in [0.05, 0.1) is 0 Å². The minimum absolute atomic E-state index is 0.00789. The molecular weight excluding hydrogens is 270 g/mol. The largest absolute Gasteiger partial charge is 0.458 e. The number of nitrogens with two attached hydrogens (primary N) is 1. The Hall–Kier alpha value is -1.59. The molecule has 0 aromatic carbocycles. The number of rotatable bonds is 0. The number of esters is 1. The molecule has 0 radical (unpaired) electrons. The highest BCUT2D eigenvalue weighted by atomic mass is 16.6. The van der Waals surface area contributed by atoms with E-state index in [-0.39, 0.29) is 24.4 Å². The predicted octanol–water partition coefficient (Wildman–Crippen LogP) is 1.83. The minimum atomic E-state index is -0.472. The van der Waals surface area contributed by atoms with Crippen LogP contribution in [0, 0.1) is 0 Å². The zero-order chi connectivity index (χ0) is 15.9. The van der Waals surface area contributed by atoms with Gasteiger partial charge in [-0.1, -0.05) is 19.3 Å². The number of aliphatic imine (C=N–C) groups is 1. The molecule has 0 fully saturated rings. The lowest BCUT2D eigenvalue weighted by molar-refractivity contribution is -0.157. The molecule has 0 aromatic heterocycles. The summed E-state index contributed by atoms with van der Waals surface area (Å²) in [4.78, 5) is 28.8. The molecule has 0 aliphatic carbocycles. The van der Waals surface area contributed by atoms with Crippen LogP contribution in [0.3, 0.4) is 0 Å². The van der Waals surface area contributed by atoms with Crippen LogP contribution in [0.15, 0.2) is 4.99 Å². The van der Waals surface area contributed by atoms with Crippen molar-refractivity contribution in [2.45, 2.75) is 64.4 Å². The maximum Gasteiger partial charge on any atom is 0.326 e. The smallest absolute Gasteiger partial charge is 0.326 e. The van der Waals surface area contributed by atoms with Gasteiger partial charge in [0.15, 0.2) is 5.96 Å². The van der Waals surface area contributed by atoms with Crippen LogP contribution in [-0.4, -0.2) is 41.9 Å². The number of guanidine groups is 1. The lowest BCUT2D eigenvalue weighted by atomic mass is 9.99. The molecule has 0 unspecified atom stereocenters. The molecule has 6 heteroatoms. The molecule has 0 spiro atoms. The Morgan fingerprint density at radius 2 is 1.76 bits per heavy atom. The number of hydrogen-bond acceptors (Lipinski definition) is 5. The summed E-state index contributed by atoms with van der Waals surface area (Å²) >= 11 is 0. The molecular formula is C15H27N3O3. The third-order valence-electron chi connectivity index (χ3n) is 3.56. The highest BCUT2D eigenvalue weighted by molar-refractivity contribution is 5.93. The zero-order valence-corrected chi connectivity index (χ0v) is 13.4. The molecule has 0 saturated heterocycles. The molecule has 1 amide bonds. The summed E-state index contributed by atoms with van der Waals surface area (Å²) in [6, 6.07) is 0. The quantitative estimate of drug-likeness (QED) is 0.689. The van der Waals surface area contributed by atoms with Crippen molar-refractivity contribution in [1.82, 2.24) is 4.90 Å². The summed E-state index contributed by atoms with van der Waals surface area (Å²) in [5.74, 6) is -0.532. The van der Waals surface area contributed by atoms with Crippen LogP contribution in [0.4, 0.5) is 0 Å². The van der Waals surface area contributed by atoms with Gasteiger partial charge in [0.1, 0.15) is 12.1 Å². The maximum absolute atomic E-state index is 11.9.